The summed E-state index contributed by atoms with van der Waals surface area (Å²) in [6, 6.07) is 5.43. The summed E-state index contributed by atoms with van der Waals surface area (Å²) in [5.41, 5.74) is 0.893. The quantitative estimate of drug-likeness (QED) is 0.796. The lowest BCUT2D eigenvalue weighted by Gasteiger charge is -2.56. The summed E-state index contributed by atoms with van der Waals surface area (Å²) in [5, 5.41) is 19.9. The molecule has 3 aliphatic rings. The Morgan fingerprint density at radius 3 is 2.75 bits per heavy atom. The van der Waals surface area contributed by atoms with Gasteiger partial charge >= 0.3 is 0 Å². The van der Waals surface area contributed by atoms with E-state index in [0.717, 1.165) is 24.0 Å². The Bertz CT molecular complexity index is 674. The van der Waals surface area contributed by atoms with E-state index in [-0.39, 0.29) is 29.4 Å². The van der Waals surface area contributed by atoms with Crippen LogP contribution >= 0.6 is 0 Å². The molecule has 1 aromatic carbocycles. The maximum absolute atomic E-state index is 14.0. The molecule has 0 aromatic heterocycles. The number of allylic oxidation sites excluding steroid dienone is 1. The average molecular weight is 334 g/mol. The molecule has 0 aliphatic heterocycles. The molecule has 2 fully saturated rings. The lowest BCUT2D eigenvalue weighted by molar-refractivity contribution is -0.0958. The topological polar surface area (TPSA) is 40.5 Å². The van der Waals surface area contributed by atoms with Crippen LogP contribution in [0.4, 0.5) is 8.78 Å². The number of phenols is 1. The predicted molar refractivity (Wildman–Crippen MR) is 88.2 cm³/mol. The average Bonchev–Trinajstić information content (AvgIpc) is 2.91. The first-order valence-electron chi connectivity index (χ1n) is 8.85. The number of benzene rings is 1. The third-order valence-electron chi connectivity index (χ3n) is 7.15. The smallest absolute Gasteiger partial charge is 0.244 e. The van der Waals surface area contributed by atoms with Crippen molar-refractivity contribution in [2.24, 2.45) is 17.3 Å². The highest BCUT2D eigenvalue weighted by Gasteiger charge is 2.63. The van der Waals surface area contributed by atoms with Crippen molar-refractivity contribution in [2.75, 3.05) is 0 Å². The van der Waals surface area contributed by atoms with Gasteiger partial charge in [0.2, 0.25) is 6.43 Å². The van der Waals surface area contributed by atoms with Crippen molar-refractivity contribution in [3.8, 4) is 5.75 Å². The number of aliphatic hydroxyl groups is 1. The Morgan fingerprint density at radius 1 is 1.25 bits per heavy atom. The van der Waals surface area contributed by atoms with E-state index in [0.29, 0.717) is 19.3 Å². The first-order valence-corrected chi connectivity index (χ1v) is 8.85. The second kappa shape index (κ2) is 5.29. The number of alkyl halides is 2. The van der Waals surface area contributed by atoms with Crippen molar-refractivity contribution in [3.63, 3.8) is 0 Å². The minimum Gasteiger partial charge on any atom is -0.508 e. The SMILES string of the molecule is C=C[C@]12CC[C@]3(C(F)F)C[C@H](O)C[C@H]3[C@@H]1CCc1cc(O)ccc12. The first-order chi connectivity index (χ1) is 11.4. The summed E-state index contributed by atoms with van der Waals surface area (Å²) in [6.07, 6.45) is 2.31. The molecule has 2 nitrogen and oxygen atoms in total. The van der Waals surface area contributed by atoms with Crippen molar-refractivity contribution >= 4 is 0 Å². The Kier molecular flexibility index (Phi) is 3.54. The van der Waals surface area contributed by atoms with Gasteiger partial charge in [-0.3, -0.25) is 0 Å². The van der Waals surface area contributed by atoms with Gasteiger partial charge in [-0.15, -0.1) is 6.58 Å². The Hall–Kier alpha value is -1.42. The zero-order valence-electron chi connectivity index (χ0n) is 13.7. The minimum atomic E-state index is -2.39. The number of aryl methyl sites for hydroxylation is 1. The molecule has 2 N–H and O–H groups in total. The zero-order chi connectivity index (χ0) is 17.1. The van der Waals surface area contributed by atoms with Crippen LogP contribution in [0.2, 0.25) is 0 Å². The van der Waals surface area contributed by atoms with Gasteiger partial charge in [0.15, 0.2) is 0 Å². The van der Waals surface area contributed by atoms with Crippen molar-refractivity contribution < 1.29 is 19.0 Å². The summed E-state index contributed by atoms with van der Waals surface area (Å²) in [5.74, 6) is 0.175. The van der Waals surface area contributed by atoms with Crippen LogP contribution in [0.5, 0.6) is 5.75 Å². The van der Waals surface area contributed by atoms with E-state index in [9.17, 15) is 19.0 Å². The van der Waals surface area contributed by atoms with Gasteiger partial charge in [0.1, 0.15) is 5.75 Å². The molecule has 0 amide bonds. The number of rotatable bonds is 2. The van der Waals surface area contributed by atoms with E-state index in [4.69, 9.17) is 0 Å². The second-order valence-electron chi connectivity index (χ2n) is 7.97. The van der Waals surface area contributed by atoms with Crippen molar-refractivity contribution in [1.82, 2.24) is 0 Å². The van der Waals surface area contributed by atoms with Crippen LogP contribution in [0.3, 0.4) is 0 Å². The maximum atomic E-state index is 14.0. The molecule has 0 saturated heterocycles. The fraction of sp³-hybridized carbons (Fsp3) is 0.600. The van der Waals surface area contributed by atoms with Crippen molar-refractivity contribution in [1.29, 1.82) is 0 Å². The maximum Gasteiger partial charge on any atom is 0.244 e. The van der Waals surface area contributed by atoms with Gasteiger partial charge in [-0.2, -0.15) is 0 Å². The van der Waals surface area contributed by atoms with Gasteiger partial charge in [0.05, 0.1) is 6.10 Å². The highest BCUT2D eigenvalue weighted by molar-refractivity contribution is 5.46. The van der Waals surface area contributed by atoms with Crippen LogP contribution in [0.15, 0.2) is 30.9 Å². The van der Waals surface area contributed by atoms with Crippen molar-refractivity contribution in [3.05, 3.63) is 42.0 Å². The summed E-state index contributed by atoms with van der Waals surface area (Å²) >= 11 is 0. The van der Waals surface area contributed by atoms with Crippen LogP contribution in [-0.4, -0.2) is 22.7 Å². The number of fused-ring (bicyclic) bond motifs is 5. The number of aliphatic hydroxyl groups excluding tert-OH is 1. The van der Waals surface area contributed by atoms with Gasteiger partial charge in [-0.25, -0.2) is 8.78 Å². The molecular formula is C20H24F2O2. The van der Waals surface area contributed by atoms with E-state index in [1.165, 1.54) is 0 Å². The summed E-state index contributed by atoms with van der Waals surface area (Å²) < 4.78 is 28.0. The molecular weight excluding hydrogens is 310 g/mol. The Balaban J connectivity index is 1.83. The van der Waals surface area contributed by atoms with Gasteiger partial charge in [0, 0.05) is 10.8 Å². The van der Waals surface area contributed by atoms with Crippen LogP contribution in [0, 0.1) is 17.3 Å². The largest absolute Gasteiger partial charge is 0.508 e. The Morgan fingerprint density at radius 2 is 2.04 bits per heavy atom. The molecule has 0 unspecified atom stereocenters. The third-order valence-corrected chi connectivity index (χ3v) is 7.15. The first kappa shape index (κ1) is 16.1. The normalized spacial score (nSPS) is 40.8. The molecule has 4 heteroatoms. The molecule has 1 aromatic rings. The lowest BCUT2D eigenvalue weighted by atomic mass is 9.48. The number of hydrogen-bond acceptors (Lipinski definition) is 2. The zero-order valence-corrected chi connectivity index (χ0v) is 13.7. The second-order valence-corrected chi connectivity index (χ2v) is 7.97. The van der Waals surface area contributed by atoms with E-state index < -0.39 is 17.9 Å². The van der Waals surface area contributed by atoms with Gasteiger partial charge in [-0.05, 0) is 73.6 Å². The van der Waals surface area contributed by atoms with Gasteiger partial charge < -0.3 is 10.2 Å². The van der Waals surface area contributed by atoms with E-state index in [2.05, 4.69) is 6.58 Å². The molecule has 0 heterocycles. The summed E-state index contributed by atoms with van der Waals surface area (Å²) in [4.78, 5) is 0. The lowest BCUT2D eigenvalue weighted by Crippen LogP contribution is -2.52. The molecule has 3 aliphatic carbocycles. The molecule has 4 rings (SSSR count). The fourth-order valence-corrected chi connectivity index (χ4v) is 6.11. The number of hydrogen-bond donors (Lipinski definition) is 2. The highest BCUT2D eigenvalue weighted by atomic mass is 19.3. The summed E-state index contributed by atoms with van der Waals surface area (Å²) in [7, 11) is 0. The number of aromatic hydroxyl groups is 1. The fourth-order valence-electron chi connectivity index (χ4n) is 6.11. The van der Waals surface area contributed by atoms with Gasteiger partial charge in [-0.1, -0.05) is 12.1 Å². The number of halogens is 2. The van der Waals surface area contributed by atoms with Crippen LogP contribution in [0.1, 0.15) is 43.2 Å². The van der Waals surface area contributed by atoms with E-state index in [1.54, 1.807) is 12.1 Å². The predicted octanol–water partition coefficient (Wildman–Crippen LogP) is 4.19. The van der Waals surface area contributed by atoms with Gasteiger partial charge in [0.25, 0.3) is 0 Å². The Labute approximate surface area is 141 Å². The third kappa shape index (κ3) is 1.95. The molecule has 2 saturated carbocycles. The monoisotopic (exact) mass is 334 g/mol. The molecule has 0 spiro atoms. The highest BCUT2D eigenvalue weighted by Crippen LogP contribution is 2.65. The van der Waals surface area contributed by atoms with E-state index in [1.807, 2.05) is 12.1 Å². The summed E-state index contributed by atoms with van der Waals surface area (Å²) in [6.45, 7) is 4.07. The van der Waals surface area contributed by atoms with Crippen LogP contribution in [0.25, 0.3) is 0 Å². The molecule has 130 valence electrons. The number of phenolic OH excluding ortho intramolecular Hbond substituents is 1. The minimum absolute atomic E-state index is 0.0898. The van der Waals surface area contributed by atoms with Crippen LogP contribution in [-0.2, 0) is 11.8 Å². The molecule has 0 radical (unpaired) electrons. The van der Waals surface area contributed by atoms with E-state index >= 15 is 0 Å². The molecule has 24 heavy (non-hydrogen) atoms. The van der Waals surface area contributed by atoms with Crippen molar-refractivity contribution in [2.45, 2.75) is 56.5 Å². The molecule has 5 atom stereocenters. The standard InChI is InChI=1S/C20H24F2O2/c1-2-19-7-8-20(18(21)22)11-14(24)10-17(20)16(19)5-3-12-9-13(23)4-6-15(12)19/h2,4,6,9,14,16-18,23-24H,1,3,5,7-8,10-11H2/t14-,16+,17+,19-,20+/m1/s1. The van der Waals surface area contributed by atoms with Crippen LogP contribution < -0.4 is 0 Å². The molecule has 0 bridgehead atoms.